The van der Waals surface area contributed by atoms with Gasteiger partial charge in [0.25, 0.3) is 0 Å². The highest BCUT2D eigenvalue weighted by atomic mass is 16.5. The van der Waals surface area contributed by atoms with E-state index >= 15 is 0 Å². The lowest BCUT2D eigenvalue weighted by molar-refractivity contribution is -0.139. The minimum atomic E-state index is -1.05. The van der Waals surface area contributed by atoms with Gasteiger partial charge in [-0.15, -0.1) is 0 Å². The molecule has 0 saturated heterocycles. The summed E-state index contributed by atoms with van der Waals surface area (Å²) in [5.41, 5.74) is 2.38. The van der Waals surface area contributed by atoms with Crippen LogP contribution in [-0.4, -0.2) is 63.2 Å². The van der Waals surface area contributed by atoms with Crippen molar-refractivity contribution in [1.29, 1.82) is 0 Å². The number of benzene rings is 2. The summed E-state index contributed by atoms with van der Waals surface area (Å²) in [6.45, 7) is 1.26. The highest BCUT2D eigenvalue weighted by molar-refractivity contribution is 5.95. The molecule has 35 heavy (non-hydrogen) atoms. The molecule has 3 N–H and O–H groups in total. The smallest absolute Gasteiger partial charge is 0.320 e. The van der Waals surface area contributed by atoms with Crippen LogP contribution in [-0.2, 0) is 9.59 Å². The first kappa shape index (κ1) is 25.4. The predicted octanol–water partition coefficient (Wildman–Crippen LogP) is 3.04. The number of aromatic nitrogens is 1. The zero-order valence-electron chi connectivity index (χ0n) is 20.0. The summed E-state index contributed by atoms with van der Waals surface area (Å²) >= 11 is 0. The molecule has 0 radical (unpaired) electrons. The molecular formula is C24H27N3O8. The standard InChI is InChI=1S/C24H27N3O8/c1-13(24(29)30)25-12-21(28)27-17-8-14(6-7-18(17)31-2)16-11-26-35-22(16)15-9-19(32-3)23(34-5)20(10-15)33-4/h6-11,13,25H,12H2,1-5H3,(H,27,28)(H,29,30). The van der Waals surface area contributed by atoms with Crippen LogP contribution in [0.3, 0.4) is 0 Å². The minimum absolute atomic E-state index is 0.190. The van der Waals surface area contributed by atoms with E-state index in [1.807, 2.05) is 0 Å². The van der Waals surface area contributed by atoms with Gasteiger partial charge in [0.05, 0.1) is 46.9 Å². The van der Waals surface area contributed by atoms with Crippen LogP contribution in [0.4, 0.5) is 5.69 Å². The number of methoxy groups -OCH3 is 4. The van der Waals surface area contributed by atoms with E-state index < -0.39 is 17.9 Å². The number of carbonyl (C=O) groups excluding carboxylic acids is 1. The largest absolute Gasteiger partial charge is 0.495 e. The molecule has 0 fully saturated rings. The quantitative estimate of drug-likeness (QED) is 0.371. The molecule has 0 aliphatic rings. The molecule has 1 amide bonds. The van der Waals surface area contributed by atoms with E-state index in [1.165, 1.54) is 35.4 Å². The first-order chi connectivity index (χ1) is 16.8. The normalized spacial score (nSPS) is 11.5. The third-order valence-electron chi connectivity index (χ3n) is 5.22. The Hall–Kier alpha value is -4.25. The molecular weight excluding hydrogens is 458 g/mol. The van der Waals surface area contributed by atoms with Crippen molar-refractivity contribution in [3.8, 4) is 45.4 Å². The molecule has 186 valence electrons. The van der Waals surface area contributed by atoms with E-state index in [9.17, 15) is 9.59 Å². The fourth-order valence-electron chi connectivity index (χ4n) is 3.37. The summed E-state index contributed by atoms with van der Waals surface area (Å²) in [4.78, 5) is 23.4. The second kappa shape index (κ2) is 11.3. The van der Waals surface area contributed by atoms with Crippen molar-refractivity contribution in [2.45, 2.75) is 13.0 Å². The molecule has 11 heteroatoms. The molecule has 0 aliphatic carbocycles. The van der Waals surface area contributed by atoms with E-state index in [-0.39, 0.29) is 6.54 Å². The Labute approximate surface area is 201 Å². The van der Waals surface area contributed by atoms with Gasteiger partial charge in [-0.2, -0.15) is 0 Å². The number of aliphatic carboxylic acids is 1. The SMILES string of the molecule is COc1ccc(-c2cnoc2-c2cc(OC)c(OC)c(OC)c2)cc1NC(=O)CNC(C)C(=O)O. The van der Waals surface area contributed by atoms with Gasteiger partial charge in [-0.1, -0.05) is 11.2 Å². The Balaban J connectivity index is 1.95. The molecule has 2 aromatic carbocycles. The van der Waals surface area contributed by atoms with Gasteiger partial charge < -0.3 is 33.9 Å². The first-order valence-corrected chi connectivity index (χ1v) is 10.5. The zero-order chi connectivity index (χ0) is 25.5. The first-order valence-electron chi connectivity index (χ1n) is 10.5. The third-order valence-corrected chi connectivity index (χ3v) is 5.22. The number of carboxylic acid groups (broad SMARTS) is 1. The average molecular weight is 485 g/mol. The van der Waals surface area contributed by atoms with Crippen LogP contribution < -0.4 is 29.6 Å². The van der Waals surface area contributed by atoms with E-state index in [0.29, 0.717) is 51.1 Å². The van der Waals surface area contributed by atoms with Crippen molar-refractivity contribution in [3.05, 3.63) is 36.5 Å². The summed E-state index contributed by atoms with van der Waals surface area (Å²) in [5.74, 6) is 0.751. The molecule has 0 saturated carbocycles. The highest BCUT2D eigenvalue weighted by Crippen LogP contribution is 2.43. The number of amides is 1. The molecule has 1 aromatic heterocycles. The Kier molecular flexibility index (Phi) is 8.16. The second-order valence-corrected chi connectivity index (χ2v) is 7.39. The molecule has 11 nitrogen and oxygen atoms in total. The summed E-state index contributed by atoms with van der Waals surface area (Å²) in [5, 5.41) is 18.3. The van der Waals surface area contributed by atoms with Crippen LogP contribution in [0.15, 0.2) is 41.1 Å². The lowest BCUT2D eigenvalue weighted by Gasteiger charge is -2.15. The van der Waals surface area contributed by atoms with Gasteiger partial charge in [-0.25, -0.2) is 0 Å². The number of nitrogens with one attached hydrogen (secondary N) is 2. The van der Waals surface area contributed by atoms with Crippen molar-refractivity contribution >= 4 is 17.6 Å². The Morgan fingerprint density at radius 3 is 2.20 bits per heavy atom. The topological polar surface area (TPSA) is 141 Å². The number of carbonyl (C=O) groups is 2. The second-order valence-electron chi connectivity index (χ2n) is 7.39. The van der Waals surface area contributed by atoms with Gasteiger partial charge in [-0.05, 0) is 36.8 Å². The minimum Gasteiger partial charge on any atom is -0.495 e. The number of carboxylic acids is 1. The molecule has 0 spiro atoms. The number of anilines is 1. The number of ether oxygens (including phenoxy) is 4. The summed E-state index contributed by atoms with van der Waals surface area (Å²) in [6.07, 6.45) is 1.56. The molecule has 3 rings (SSSR count). The monoisotopic (exact) mass is 485 g/mol. The van der Waals surface area contributed by atoms with Gasteiger partial charge in [0, 0.05) is 11.1 Å². The predicted molar refractivity (Wildman–Crippen MR) is 127 cm³/mol. The highest BCUT2D eigenvalue weighted by Gasteiger charge is 2.21. The molecule has 0 bridgehead atoms. The Morgan fingerprint density at radius 1 is 0.971 bits per heavy atom. The van der Waals surface area contributed by atoms with Crippen molar-refractivity contribution in [1.82, 2.24) is 10.5 Å². The lowest BCUT2D eigenvalue weighted by Crippen LogP contribution is -2.39. The maximum absolute atomic E-state index is 12.4. The average Bonchev–Trinajstić information content (AvgIpc) is 3.36. The molecule has 1 atom stereocenters. The zero-order valence-corrected chi connectivity index (χ0v) is 20.0. The summed E-state index contributed by atoms with van der Waals surface area (Å²) in [6, 6.07) is 7.83. The van der Waals surface area contributed by atoms with E-state index in [2.05, 4.69) is 15.8 Å². The van der Waals surface area contributed by atoms with Gasteiger partial charge in [0.2, 0.25) is 11.7 Å². The van der Waals surface area contributed by atoms with Crippen LogP contribution >= 0.6 is 0 Å². The van der Waals surface area contributed by atoms with Gasteiger partial charge in [0.15, 0.2) is 17.3 Å². The number of rotatable bonds is 11. The van der Waals surface area contributed by atoms with Gasteiger partial charge in [-0.3, -0.25) is 14.9 Å². The van der Waals surface area contributed by atoms with Crippen LogP contribution in [0.25, 0.3) is 22.5 Å². The fourth-order valence-corrected chi connectivity index (χ4v) is 3.37. The van der Waals surface area contributed by atoms with Crippen LogP contribution in [0.5, 0.6) is 23.0 Å². The van der Waals surface area contributed by atoms with E-state index in [0.717, 1.165) is 0 Å². The molecule has 1 heterocycles. The van der Waals surface area contributed by atoms with Crippen molar-refractivity contribution < 1.29 is 38.2 Å². The van der Waals surface area contributed by atoms with Gasteiger partial charge >= 0.3 is 5.97 Å². The molecule has 1 unspecified atom stereocenters. The Morgan fingerprint density at radius 2 is 1.63 bits per heavy atom. The lowest BCUT2D eigenvalue weighted by atomic mass is 10.0. The van der Waals surface area contributed by atoms with E-state index in [1.54, 1.807) is 36.5 Å². The van der Waals surface area contributed by atoms with Gasteiger partial charge in [0.1, 0.15) is 11.8 Å². The fraction of sp³-hybridized carbons (Fsp3) is 0.292. The number of hydrogen-bond acceptors (Lipinski definition) is 9. The summed E-state index contributed by atoms with van der Waals surface area (Å²) < 4.78 is 27.2. The van der Waals surface area contributed by atoms with Crippen molar-refractivity contribution in [2.24, 2.45) is 0 Å². The molecule has 3 aromatic rings. The third kappa shape index (κ3) is 5.64. The maximum atomic E-state index is 12.4. The van der Waals surface area contributed by atoms with Crippen LogP contribution in [0, 0.1) is 0 Å². The van der Waals surface area contributed by atoms with Crippen LogP contribution in [0.2, 0.25) is 0 Å². The van der Waals surface area contributed by atoms with Crippen LogP contribution in [0.1, 0.15) is 6.92 Å². The molecule has 0 aliphatic heterocycles. The Bertz CT molecular complexity index is 1180. The van der Waals surface area contributed by atoms with Crippen molar-refractivity contribution in [2.75, 3.05) is 40.3 Å². The number of hydrogen-bond donors (Lipinski definition) is 3. The van der Waals surface area contributed by atoms with Crippen molar-refractivity contribution in [3.63, 3.8) is 0 Å². The summed E-state index contributed by atoms with van der Waals surface area (Å²) in [7, 11) is 6.04. The number of nitrogens with zero attached hydrogens (tertiary/aromatic N) is 1. The van der Waals surface area contributed by atoms with E-state index in [4.69, 9.17) is 28.6 Å². The maximum Gasteiger partial charge on any atom is 0.320 e.